The van der Waals surface area contributed by atoms with Crippen molar-refractivity contribution < 1.29 is 0 Å². The normalized spacial score (nSPS) is 14.1. The van der Waals surface area contributed by atoms with E-state index in [1.54, 1.807) is 0 Å². The van der Waals surface area contributed by atoms with Crippen LogP contribution in [0, 0.1) is 6.92 Å². The standard InChI is InChI=1S/C11H11N/c1-9-7-8-10-5-3-2-4-6-11(10)12-9/h3-8H,2H2,1H3. The Hall–Kier alpha value is -1.37. The van der Waals surface area contributed by atoms with Gasteiger partial charge in [-0.05, 0) is 31.1 Å². The largest absolute Gasteiger partial charge is 0.253 e. The van der Waals surface area contributed by atoms with Crippen molar-refractivity contribution in [2.75, 3.05) is 0 Å². The van der Waals surface area contributed by atoms with E-state index in [-0.39, 0.29) is 0 Å². The zero-order valence-corrected chi connectivity index (χ0v) is 7.12. The van der Waals surface area contributed by atoms with Crippen LogP contribution in [0.1, 0.15) is 23.4 Å². The molecule has 1 heteroatoms. The first kappa shape index (κ1) is 7.29. The van der Waals surface area contributed by atoms with Crippen LogP contribution in [-0.4, -0.2) is 4.98 Å². The fourth-order valence-electron chi connectivity index (χ4n) is 1.32. The highest BCUT2D eigenvalue weighted by Crippen LogP contribution is 2.15. The maximum absolute atomic E-state index is 4.44. The van der Waals surface area contributed by atoms with Gasteiger partial charge in [-0.1, -0.05) is 24.3 Å². The van der Waals surface area contributed by atoms with E-state index in [1.807, 2.05) is 13.0 Å². The molecule has 0 bridgehead atoms. The SMILES string of the molecule is Cc1ccc2c(n1)C=CCC=C2. The van der Waals surface area contributed by atoms with Crippen molar-refractivity contribution in [3.8, 4) is 0 Å². The van der Waals surface area contributed by atoms with Crippen molar-refractivity contribution in [2.45, 2.75) is 13.3 Å². The van der Waals surface area contributed by atoms with Gasteiger partial charge in [0, 0.05) is 5.69 Å². The number of pyridine rings is 1. The van der Waals surface area contributed by atoms with Crippen LogP contribution in [0.5, 0.6) is 0 Å². The summed E-state index contributed by atoms with van der Waals surface area (Å²) < 4.78 is 0. The van der Waals surface area contributed by atoms with E-state index in [0.717, 1.165) is 17.8 Å². The topological polar surface area (TPSA) is 12.9 Å². The molecule has 0 fully saturated rings. The van der Waals surface area contributed by atoms with Crippen LogP contribution in [0.4, 0.5) is 0 Å². The van der Waals surface area contributed by atoms with Gasteiger partial charge in [-0.15, -0.1) is 0 Å². The molecule has 0 saturated heterocycles. The number of allylic oxidation sites excluding steroid dienone is 2. The summed E-state index contributed by atoms with van der Waals surface area (Å²) in [5.74, 6) is 0. The second-order valence-corrected chi connectivity index (χ2v) is 2.97. The molecule has 0 amide bonds. The highest BCUT2D eigenvalue weighted by Gasteiger charge is 1.99. The summed E-state index contributed by atoms with van der Waals surface area (Å²) in [4.78, 5) is 4.44. The zero-order valence-electron chi connectivity index (χ0n) is 7.12. The molecule has 1 nitrogen and oxygen atoms in total. The molecule has 1 aliphatic rings. The van der Waals surface area contributed by atoms with Crippen LogP contribution in [0.2, 0.25) is 0 Å². The number of rotatable bonds is 0. The molecule has 1 heterocycles. The molecular weight excluding hydrogens is 146 g/mol. The van der Waals surface area contributed by atoms with Gasteiger partial charge in [0.1, 0.15) is 0 Å². The van der Waals surface area contributed by atoms with Gasteiger partial charge in [0.25, 0.3) is 0 Å². The maximum Gasteiger partial charge on any atom is 0.0701 e. The first-order chi connectivity index (χ1) is 5.86. The summed E-state index contributed by atoms with van der Waals surface area (Å²) in [6.45, 7) is 2.02. The Morgan fingerprint density at radius 2 is 2.00 bits per heavy atom. The molecule has 1 aromatic rings. The molecule has 0 aromatic carbocycles. The quantitative estimate of drug-likeness (QED) is 0.564. The molecule has 0 atom stereocenters. The molecule has 1 aliphatic carbocycles. The van der Waals surface area contributed by atoms with E-state index in [9.17, 15) is 0 Å². The number of nitrogens with zero attached hydrogens (tertiary/aromatic N) is 1. The molecule has 12 heavy (non-hydrogen) atoms. The van der Waals surface area contributed by atoms with Gasteiger partial charge < -0.3 is 0 Å². The Morgan fingerprint density at radius 3 is 2.92 bits per heavy atom. The highest BCUT2D eigenvalue weighted by atomic mass is 14.7. The molecule has 0 saturated carbocycles. The van der Waals surface area contributed by atoms with Gasteiger partial charge in [-0.3, -0.25) is 4.98 Å². The summed E-state index contributed by atoms with van der Waals surface area (Å²) in [5.41, 5.74) is 3.38. The molecule has 0 N–H and O–H groups in total. The Morgan fingerprint density at radius 1 is 1.17 bits per heavy atom. The van der Waals surface area contributed by atoms with Crippen molar-refractivity contribution in [3.05, 3.63) is 41.2 Å². The molecule has 0 radical (unpaired) electrons. The van der Waals surface area contributed by atoms with Gasteiger partial charge in [0.2, 0.25) is 0 Å². The molecule has 0 unspecified atom stereocenters. The minimum absolute atomic E-state index is 1.01. The van der Waals surface area contributed by atoms with Crippen LogP contribution in [0.3, 0.4) is 0 Å². The monoisotopic (exact) mass is 157 g/mol. The van der Waals surface area contributed by atoms with E-state index in [2.05, 4.69) is 35.4 Å². The lowest BCUT2D eigenvalue weighted by molar-refractivity contribution is 1.17. The summed E-state index contributed by atoms with van der Waals surface area (Å²) in [6, 6.07) is 4.16. The lowest BCUT2D eigenvalue weighted by atomic mass is 10.2. The lowest BCUT2D eigenvalue weighted by Crippen LogP contribution is -1.88. The van der Waals surface area contributed by atoms with Crippen LogP contribution in [-0.2, 0) is 0 Å². The number of hydrogen-bond acceptors (Lipinski definition) is 1. The third kappa shape index (κ3) is 1.30. The fourth-order valence-corrected chi connectivity index (χ4v) is 1.32. The Labute approximate surface area is 72.5 Å². The number of fused-ring (bicyclic) bond motifs is 1. The van der Waals surface area contributed by atoms with E-state index in [4.69, 9.17) is 0 Å². The van der Waals surface area contributed by atoms with E-state index in [1.165, 1.54) is 5.56 Å². The number of aryl methyl sites for hydroxylation is 1. The smallest absolute Gasteiger partial charge is 0.0701 e. The third-order valence-corrected chi connectivity index (χ3v) is 1.94. The first-order valence-electron chi connectivity index (χ1n) is 4.17. The summed E-state index contributed by atoms with van der Waals surface area (Å²) in [6.07, 6.45) is 9.51. The van der Waals surface area contributed by atoms with E-state index >= 15 is 0 Å². The number of hydrogen-bond donors (Lipinski definition) is 0. The molecule has 60 valence electrons. The molecule has 0 aliphatic heterocycles. The van der Waals surface area contributed by atoms with Crippen LogP contribution < -0.4 is 0 Å². The first-order valence-corrected chi connectivity index (χ1v) is 4.17. The lowest BCUT2D eigenvalue weighted by Gasteiger charge is -1.99. The van der Waals surface area contributed by atoms with E-state index < -0.39 is 0 Å². The van der Waals surface area contributed by atoms with Crippen molar-refractivity contribution in [1.82, 2.24) is 4.98 Å². The van der Waals surface area contributed by atoms with Gasteiger partial charge in [0.15, 0.2) is 0 Å². The number of aromatic nitrogens is 1. The molecule has 0 spiro atoms. The van der Waals surface area contributed by atoms with Crippen molar-refractivity contribution in [1.29, 1.82) is 0 Å². The van der Waals surface area contributed by atoms with Crippen LogP contribution in [0.15, 0.2) is 24.3 Å². The third-order valence-electron chi connectivity index (χ3n) is 1.94. The summed E-state index contributed by atoms with van der Waals surface area (Å²) in [5, 5.41) is 0. The predicted octanol–water partition coefficient (Wildman–Crippen LogP) is 2.82. The fraction of sp³-hybridized carbons (Fsp3) is 0.182. The van der Waals surface area contributed by atoms with Crippen LogP contribution >= 0.6 is 0 Å². The van der Waals surface area contributed by atoms with Gasteiger partial charge in [0.05, 0.1) is 5.69 Å². The summed E-state index contributed by atoms with van der Waals surface area (Å²) >= 11 is 0. The Bertz CT molecular complexity index is 348. The van der Waals surface area contributed by atoms with Crippen LogP contribution in [0.25, 0.3) is 12.2 Å². The zero-order chi connectivity index (χ0) is 8.39. The second kappa shape index (κ2) is 2.94. The Kier molecular flexibility index (Phi) is 1.78. The highest BCUT2D eigenvalue weighted by molar-refractivity contribution is 5.64. The predicted molar refractivity (Wildman–Crippen MR) is 51.7 cm³/mol. The van der Waals surface area contributed by atoms with Gasteiger partial charge >= 0.3 is 0 Å². The van der Waals surface area contributed by atoms with Crippen molar-refractivity contribution in [3.63, 3.8) is 0 Å². The molecular formula is C11H11N. The average molecular weight is 157 g/mol. The minimum atomic E-state index is 1.01. The van der Waals surface area contributed by atoms with Crippen molar-refractivity contribution >= 4 is 12.2 Å². The maximum atomic E-state index is 4.44. The Balaban J connectivity index is 2.58. The molecule has 1 aromatic heterocycles. The van der Waals surface area contributed by atoms with Gasteiger partial charge in [-0.25, -0.2) is 0 Å². The van der Waals surface area contributed by atoms with Crippen molar-refractivity contribution in [2.24, 2.45) is 0 Å². The van der Waals surface area contributed by atoms with E-state index in [0.29, 0.717) is 0 Å². The average Bonchev–Trinajstić information content (AvgIpc) is 2.28. The molecule has 2 rings (SSSR count). The van der Waals surface area contributed by atoms with Gasteiger partial charge in [-0.2, -0.15) is 0 Å². The summed E-state index contributed by atoms with van der Waals surface area (Å²) in [7, 11) is 0. The minimum Gasteiger partial charge on any atom is -0.253 e. The second-order valence-electron chi connectivity index (χ2n) is 2.97.